The van der Waals surface area contributed by atoms with E-state index >= 15 is 0 Å². The number of rotatable bonds is 7. The zero-order valence-corrected chi connectivity index (χ0v) is 18.6. The second kappa shape index (κ2) is 10.2. The van der Waals surface area contributed by atoms with Crippen molar-refractivity contribution in [2.45, 2.75) is 33.6 Å². The summed E-state index contributed by atoms with van der Waals surface area (Å²) < 4.78 is 32.1. The summed E-state index contributed by atoms with van der Waals surface area (Å²) in [5, 5.41) is 0. The topological polar surface area (TPSA) is 35.6 Å². The summed E-state index contributed by atoms with van der Waals surface area (Å²) in [5.41, 5.74) is 3.40. The molecule has 1 N–H and O–H groups in total. The molecule has 4 nitrogen and oxygen atoms in total. The number of nitrogens with one attached hydrogen (secondary N) is 1. The van der Waals surface area contributed by atoms with Gasteiger partial charge in [0.1, 0.15) is 17.2 Å². The van der Waals surface area contributed by atoms with Crippen molar-refractivity contribution in [2.24, 2.45) is 0 Å². The molecular formula is C23H29F2N3OS. The second-order valence-corrected chi connectivity index (χ2v) is 8.59. The molecule has 162 valence electrons. The summed E-state index contributed by atoms with van der Waals surface area (Å²) in [7, 11) is 0. The predicted octanol–water partition coefficient (Wildman–Crippen LogP) is 5.40. The Hall–Kier alpha value is -2.28. The zero-order valence-electron chi connectivity index (χ0n) is 17.8. The molecular weight excluding hydrogens is 404 g/mol. The Morgan fingerprint density at radius 2 is 1.73 bits per heavy atom. The third-order valence-electron chi connectivity index (χ3n) is 5.31. The standard InChI is InChI=1S/C23H29F2N3OS/c1-4-5-12-30-26-18-14-19(24)22(20(25)15-18)23(29)28-10-8-27(9-11-28)21-7-6-16(2)13-17(21)3/h6-7,13-15,26H,4-5,8-12H2,1-3H3. The van der Waals surface area contributed by atoms with Crippen LogP contribution in [0.5, 0.6) is 0 Å². The number of unbranched alkanes of at least 4 members (excludes halogenated alkanes) is 1. The van der Waals surface area contributed by atoms with Crippen molar-refractivity contribution in [1.82, 2.24) is 4.90 Å². The van der Waals surface area contributed by atoms with E-state index in [-0.39, 0.29) is 0 Å². The first-order valence-electron chi connectivity index (χ1n) is 10.4. The van der Waals surface area contributed by atoms with Gasteiger partial charge in [0.2, 0.25) is 0 Å². The molecule has 0 radical (unpaired) electrons. The number of anilines is 2. The highest BCUT2D eigenvalue weighted by molar-refractivity contribution is 8.00. The lowest BCUT2D eigenvalue weighted by molar-refractivity contribution is 0.0737. The van der Waals surface area contributed by atoms with Crippen LogP contribution >= 0.6 is 11.9 Å². The van der Waals surface area contributed by atoms with Crippen molar-refractivity contribution in [3.05, 3.63) is 58.7 Å². The number of aryl methyl sites for hydroxylation is 2. The third kappa shape index (κ3) is 5.25. The Morgan fingerprint density at radius 3 is 2.33 bits per heavy atom. The van der Waals surface area contributed by atoms with Gasteiger partial charge in [0, 0.05) is 43.3 Å². The van der Waals surface area contributed by atoms with E-state index in [1.807, 2.05) is 0 Å². The summed E-state index contributed by atoms with van der Waals surface area (Å²) in [6.45, 7) is 8.33. The molecule has 1 aliphatic rings. The van der Waals surface area contributed by atoms with E-state index in [9.17, 15) is 13.6 Å². The van der Waals surface area contributed by atoms with Gasteiger partial charge < -0.3 is 14.5 Å². The number of hydrogen-bond donors (Lipinski definition) is 1. The Kier molecular flexibility index (Phi) is 7.58. The smallest absolute Gasteiger partial charge is 0.259 e. The highest BCUT2D eigenvalue weighted by Gasteiger charge is 2.27. The van der Waals surface area contributed by atoms with Gasteiger partial charge in [0.05, 0.1) is 0 Å². The highest BCUT2D eigenvalue weighted by atomic mass is 32.2. The van der Waals surface area contributed by atoms with E-state index in [4.69, 9.17) is 0 Å². The number of amides is 1. The van der Waals surface area contributed by atoms with E-state index in [1.54, 1.807) is 0 Å². The minimum absolute atomic E-state index is 0.335. The molecule has 1 amide bonds. The fraction of sp³-hybridized carbons (Fsp3) is 0.435. The highest BCUT2D eigenvalue weighted by Crippen LogP contribution is 2.25. The van der Waals surface area contributed by atoms with E-state index in [0.29, 0.717) is 31.9 Å². The van der Waals surface area contributed by atoms with Crippen molar-refractivity contribution >= 4 is 29.2 Å². The van der Waals surface area contributed by atoms with Crippen LogP contribution in [0.4, 0.5) is 20.2 Å². The molecule has 0 saturated carbocycles. The first kappa shape index (κ1) is 22.4. The van der Waals surface area contributed by atoms with Gasteiger partial charge in [-0.1, -0.05) is 43.0 Å². The van der Waals surface area contributed by atoms with Crippen molar-refractivity contribution in [3.8, 4) is 0 Å². The van der Waals surface area contributed by atoms with Crippen LogP contribution < -0.4 is 9.62 Å². The molecule has 1 heterocycles. The second-order valence-electron chi connectivity index (χ2n) is 7.69. The minimum Gasteiger partial charge on any atom is -0.368 e. The van der Waals surface area contributed by atoms with Crippen LogP contribution in [0, 0.1) is 25.5 Å². The molecule has 0 spiro atoms. The van der Waals surface area contributed by atoms with Crippen LogP contribution in [0.25, 0.3) is 0 Å². The van der Waals surface area contributed by atoms with Crippen LogP contribution in [0.15, 0.2) is 30.3 Å². The molecule has 2 aromatic carbocycles. The quantitative estimate of drug-likeness (QED) is 0.468. The molecule has 7 heteroatoms. The maximum atomic E-state index is 14.6. The van der Waals surface area contributed by atoms with Gasteiger partial charge in [-0.3, -0.25) is 4.79 Å². The summed E-state index contributed by atoms with van der Waals surface area (Å²) in [6, 6.07) is 8.68. The third-order valence-corrected chi connectivity index (χ3v) is 6.18. The summed E-state index contributed by atoms with van der Waals surface area (Å²) in [4.78, 5) is 16.6. The molecule has 0 aromatic heterocycles. The lowest BCUT2D eigenvalue weighted by Crippen LogP contribution is -2.49. The first-order valence-corrected chi connectivity index (χ1v) is 11.4. The van der Waals surface area contributed by atoms with Crippen molar-refractivity contribution in [3.63, 3.8) is 0 Å². The molecule has 0 atom stereocenters. The van der Waals surface area contributed by atoms with Crippen molar-refractivity contribution < 1.29 is 13.6 Å². The van der Waals surface area contributed by atoms with Gasteiger partial charge in [-0.25, -0.2) is 8.78 Å². The fourth-order valence-corrected chi connectivity index (χ4v) is 4.48. The van der Waals surface area contributed by atoms with E-state index < -0.39 is 23.1 Å². The lowest BCUT2D eigenvalue weighted by Gasteiger charge is -2.37. The number of hydrogen-bond acceptors (Lipinski definition) is 4. The minimum atomic E-state index is -0.824. The number of carbonyl (C=O) groups is 1. The van der Waals surface area contributed by atoms with Crippen LogP contribution in [0.2, 0.25) is 0 Å². The Labute approximate surface area is 181 Å². The van der Waals surface area contributed by atoms with Crippen LogP contribution in [0.1, 0.15) is 41.3 Å². The maximum absolute atomic E-state index is 14.6. The van der Waals surface area contributed by atoms with Gasteiger partial charge >= 0.3 is 0 Å². The summed E-state index contributed by atoms with van der Waals surface area (Å²) >= 11 is 1.41. The van der Waals surface area contributed by atoms with E-state index in [2.05, 4.69) is 48.6 Å². The Bertz CT molecular complexity index is 875. The largest absolute Gasteiger partial charge is 0.368 e. The number of carbonyl (C=O) groups excluding carboxylic acids is 1. The van der Waals surface area contributed by atoms with E-state index in [1.165, 1.54) is 40.1 Å². The average Bonchev–Trinajstić information content (AvgIpc) is 2.71. The number of halogens is 2. The summed E-state index contributed by atoms with van der Waals surface area (Å²) in [6.07, 6.45) is 2.08. The maximum Gasteiger partial charge on any atom is 0.259 e. The van der Waals surface area contributed by atoms with Gasteiger partial charge in [-0.15, -0.1) is 0 Å². The Balaban J connectivity index is 1.64. The zero-order chi connectivity index (χ0) is 21.7. The molecule has 0 unspecified atom stereocenters. The monoisotopic (exact) mass is 433 g/mol. The van der Waals surface area contributed by atoms with Crippen LogP contribution in [-0.4, -0.2) is 42.7 Å². The molecule has 0 aliphatic carbocycles. The molecule has 1 fully saturated rings. The molecule has 1 aliphatic heterocycles. The lowest BCUT2D eigenvalue weighted by atomic mass is 10.1. The van der Waals surface area contributed by atoms with Gasteiger partial charge in [-0.05, 0) is 44.0 Å². The van der Waals surface area contributed by atoms with Gasteiger partial charge in [-0.2, -0.15) is 0 Å². The van der Waals surface area contributed by atoms with Gasteiger partial charge in [0.15, 0.2) is 0 Å². The summed E-state index contributed by atoms with van der Waals surface area (Å²) in [5.74, 6) is -1.38. The predicted molar refractivity (Wildman–Crippen MR) is 121 cm³/mol. The normalized spacial score (nSPS) is 14.2. The molecule has 3 rings (SSSR count). The van der Waals surface area contributed by atoms with Crippen molar-refractivity contribution in [1.29, 1.82) is 0 Å². The SMILES string of the molecule is CCCCSNc1cc(F)c(C(=O)N2CCN(c3ccc(C)cc3C)CC2)c(F)c1. The molecule has 0 bridgehead atoms. The van der Waals surface area contributed by atoms with Crippen molar-refractivity contribution in [2.75, 3.05) is 41.6 Å². The van der Waals surface area contributed by atoms with Gasteiger partial charge in [0.25, 0.3) is 5.91 Å². The number of piperazine rings is 1. The Morgan fingerprint density at radius 1 is 1.07 bits per heavy atom. The van der Waals surface area contributed by atoms with Crippen LogP contribution in [0.3, 0.4) is 0 Å². The average molecular weight is 434 g/mol. The molecule has 30 heavy (non-hydrogen) atoms. The first-order chi connectivity index (χ1) is 14.4. The van der Waals surface area contributed by atoms with Crippen LogP contribution in [-0.2, 0) is 0 Å². The fourth-order valence-electron chi connectivity index (χ4n) is 3.66. The number of nitrogens with zero attached hydrogens (tertiary/aromatic N) is 2. The molecule has 1 saturated heterocycles. The van der Waals surface area contributed by atoms with E-state index in [0.717, 1.165) is 24.3 Å². The number of benzene rings is 2. The molecule has 2 aromatic rings.